The van der Waals surface area contributed by atoms with Gasteiger partial charge in [-0.1, -0.05) is 13.8 Å². The number of halogens is 1. The van der Waals surface area contributed by atoms with E-state index in [2.05, 4.69) is 44.5 Å². The van der Waals surface area contributed by atoms with Crippen molar-refractivity contribution in [3.8, 4) is 0 Å². The quantitative estimate of drug-likeness (QED) is 0.149. The summed E-state index contributed by atoms with van der Waals surface area (Å²) in [7, 11) is -9.28. The van der Waals surface area contributed by atoms with Crippen molar-refractivity contribution in [2.24, 2.45) is 16.7 Å². The molecule has 43 heavy (non-hydrogen) atoms. The highest BCUT2D eigenvalue weighted by molar-refractivity contribution is 7.71. The summed E-state index contributed by atoms with van der Waals surface area (Å²) in [5.41, 5.74) is 0.313. The number of nitrogens with zero attached hydrogens (tertiary/aromatic N) is 4. The summed E-state index contributed by atoms with van der Waals surface area (Å²) < 4.78 is 30.3. The fourth-order valence-corrected chi connectivity index (χ4v) is 11.8. The second-order valence-electron chi connectivity index (χ2n) is 13.6. The van der Waals surface area contributed by atoms with E-state index in [9.17, 15) is 29.0 Å². The lowest BCUT2D eigenvalue weighted by Crippen LogP contribution is -2.65. The first-order chi connectivity index (χ1) is 19.9. The predicted molar refractivity (Wildman–Crippen MR) is 153 cm³/mol. The number of aliphatic hydroxyl groups excluding tert-OH is 2. The minimum Gasteiger partial charge on any atom is -0.387 e. The average Bonchev–Trinajstić information content (AvgIpc) is 3.34. The number of amides is 2. The van der Waals surface area contributed by atoms with Gasteiger partial charge in [0.15, 0.2) is 23.2 Å². The van der Waals surface area contributed by atoms with Gasteiger partial charge in [-0.15, -0.1) is 0 Å². The summed E-state index contributed by atoms with van der Waals surface area (Å²) in [5.74, 6) is -0.691. The van der Waals surface area contributed by atoms with Crippen LogP contribution in [-0.2, 0) is 13.9 Å². The van der Waals surface area contributed by atoms with Crippen LogP contribution in [0.1, 0.15) is 58.6 Å². The number of urea groups is 1. The Morgan fingerprint density at radius 2 is 1.77 bits per heavy atom. The second kappa shape index (κ2) is 10.4. The number of hydrogen-bond acceptors (Lipinski definition) is 9. The molecule has 5 fully saturated rings. The number of anilines is 1. The third-order valence-electron chi connectivity index (χ3n) is 9.16. The maximum Gasteiger partial charge on any atom is 0.336 e. The monoisotopic (exact) mass is 663 g/mol. The van der Waals surface area contributed by atoms with Crippen LogP contribution in [0.15, 0.2) is 6.33 Å². The number of carbonyl (C=O) groups is 1. The van der Waals surface area contributed by atoms with Gasteiger partial charge in [-0.3, -0.25) is 19.0 Å². The zero-order valence-electron chi connectivity index (χ0n) is 23.6. The van der Waals surface area contributed by atoms with Crippen LogP contribution in [0.25, 0.3) is 11.2 Å². The van der Waals surface area contributed by atoms with Gasteiger partial charge in [-0.05, 0) is 66.9 Å². The topological polar surface area (TPSA) is 241 Å². The third kappa shape index (κ3) is 6.24. The first-order valence-corrected chi connectivity index (χ1v) is 18.0. The SMILES string of the molecule is C[C@]12CC3CC(NC(=O)Nc4nc(Cl)nc5c4ncn5C4OC(CNP(=O)(O)CP(=O)(O)O)C(O)C4O)(C1)C[C@@](C)(C3)C2. The molecule has 19 heteroatoms. The number of fused-ring (bicyclic) bond motifs is 1. The molecule has 1 aliphatic heterocycles. The van der Waals surface area contributed by atoms with Gasteiger partial charge in [-0.2, -0.15) is 9.97 Å². The summed E-state index contributed by atoms with van der Waals surface area (Å²) in [6, 6.07) is -0.442. The van der Waals surface area contributed by atoms with Crippen molar-refractivity contribution in [2.75, 3.05) is 17.8 Å². The maximum atomic E-state index is 13.3. The smallest absolute Gasteiger partial charge is 0.336 e. The molecule has 8 N–H and O–H groups in total. The van der Waals surface area contributed by atoms with Crippen molar-refractivity contribution in [1.29, 1.82) is 0 Å². The molecule has 16 nitrogen and oxygen atoms in total. The second-order valence-corrected chi connectivity index (χ2v) is 18.1. The average molecular weight is 664 g/mol. The minimum atomic E-state index is -4.80. The molecule has 2 aromatic heterocycles. The Morgan fingerprint density at radius 3 is 2.40 bits per heavy atom. The van der Waals surface area contributed by atoms with Gasteiger partial charge in [0.05, 0.1) is 6.33 Å². The lowest BCUT2D eigenvalue weighted by molar-refractivity contribution is -0.113. The molecule has 2 aromatic rings. The number of carbonyl (C=O) groups excluding carboxylic acids is 1. The standard InChI is InChI=1S/C24H36ClN7O9P2/c1-22-3-12-4-23(2,7-22)9-24(5-12,8-22)31-21(35)29-17-14-18(30-20(25)28-17)32(10-26-14)19-16(34)15(33)13(41-19)6-27-42(36,37)11-43(38,39)40/h10,12-13,15-16,19,33-34H,3-9,11H2,1-2H3,(H2,27,36,37)(H2,38,39,40)(H2,28,29,30,31,35)/t12?,13?,15?,16?,19?,22-,23+,24?. The Balaban J connectivity index is 1.18. The van der Waals surface area contributed by atoms with E-state index in [1.165, 1.54) is 23.7 Å². The van der Waals surface area contributed by atoms with Crippen LogP contribution in [0.3, 0.4) is 0 Å². The fraction of sp³-hybridized carbons (Fsp3) is 0.750. The number of aliphatic hydroxyl groups is 2. The van der Waals surface area contributed by atoms with Crippen molar-refractivity contribution in [3.63, 3.8) is 0 Å². The Morgan fingerprint density at radius 1 is 1.09 bits per heavy atom. The Kier molecular flexibility index (Phi) is 7.57. The van der Waals surface area contributed by atoms with Crippen molar-refractivity contribution >= 4 is 49.7 Å². The molecule has 4 bridgehead atoms. The Bertz CT molecular complexity index is 1540. The van der Waals surface area contributed by atoms with E-state index in [1.807, 2.05) is 0 Å². The zero-order valence-corrected chi connectivity index (χ0v) is 26.1. The van der Waals surface area contributed by atoms with Crippen molar-refractivity contribution in [3.05, 3.63) is 11.6 Å². The molecule has 9 atom stereocenters. The van der Waals surface area contributed by atoms with E-state index in [1.54, 1.807) is 0 Å². The number of imidazole rings is 1. The zero-order chi connectivity index (χ0) is 31.2. The van der Waals surface area contributed by atoms with Crippen molar-refractivity contribution < 1.29 is 43.6 Å². The molecule has 0 aromatic carbocycles. The molecule has 5 aliphatic rings. The number of nitrogens with one attached hydrogen (secondary N) is 3. The Labute approximate surface area is 251 Å². The molecule has 2 amide bonds. The van der Waals surface area contributed by atoms with Crippen LogP contribution in [0, 0.1) is 16.7 Å². The molecule has 238 valence electrons. The first kappa shape index (κ1) is 31.3. The summed E-state index contributed by atoms with van der Waals surface area (Å²) in [4.78, 5) is 53.9. The van der Waals surface area contributed by atoms with E-state index in [0.717, 1.165) is 25.7 Å². The molecule has 4 saturated carbocycles. The lowest BCUT2D eigenvalue weighted by Gasteiger charge is -2.65. The van der Waals surface area contributed by atoms with Crippen LogP contribution in [0.5, 0.6) is 0 Å². The third-order valence-corrected chi connectivity index (χ3v) is 13.0. The van der Waals surface area contributed by atoms with Crippen LogP contribution in [0.4, 0.5) is 10.6 Å². The number of rotatable bonds is 8. The molecule has 0 spiro atoms. The van der Waals surface area contributed by atoms with E-state index < -0.39 is 58.1 Å². The number of aromatic nitrogens is 4. The highest BCUT2D eigenvalue weighted by Crippen LogP contribution is 2.66. The van der Waals surface area contributed by atoms with Gasteiger partial charge in [0.1, 0.15) is 24.2 Å². The van der Waals surface area contributed by atoms with Gasteiger partial charge in [0, 0.05) is 12.1 Å². The largest absolute Gasteiger partial charge is 0.387 e. The van der Waals surface area contributed by atoms with Crippen LogP contribution in [0.2, 0.25) is 5.28 Å². The predicted octanol–water partition coefficient (Wildman–Crippen LogP) is 1.88. The molecule has 7 rings (SSSR count). The van der Waals surface area contributed by atoms with E-state index in [4.69, 9.17) is 26.1 Å². The first-order valence-electron chi connectivity index (χ1n) is 14.0. The molecule has 0 radical (unpaired) electrons. The highest BCUT2D eigenvalue weighted by Gasteiger charge is 2.60. The molecule has 1 saturated heterocycles. The molecular weight excluding hydrogens is 628 g/mol. The molecule has 7 unspecified atom stereocenters. The van der Waals surface area contributed by atoms with E-state index in [0.29, 0.717) is 5.92 Å². The summed E-state index contributed by atoms with van der Waals surface area (Å²) in [5, 5.41) is 29.2. The van der Waals surface area contributed by atoms with Gasteiger partial charge >= 0.3 is 13.6 Å². The van der Waals surface area contributed by atoms with Crippen molar-refractivity contribution in [1.82, 2.24) is 29.9 Å². The Hall–Kier alpha value is -1.71. The molecular formula is C24H36ClN7O9P2. The minimum absolute atomic E-state index is 0.0401. The normalized spacial score (nSPS) is 38.4. The van der Waals surface area contributed by atoms with Gasteiger partial charge < -0.3 is 34.9 Å². The van der Waals surface area contributed by atoms with Crippen LogP contribution >= 0.6 is 26.7 Å². The van der Waals surface area contributed by atoms with Gasteiger partial charge in [0.25, 0.3) is 7.52 Å². The summed E-state index contributed by atoms with van der Waals surface area (Å²) in [6.45, 7) is 4.12. The van der Waals surface area contributed by atoms with Crippen LogP contribution in [-0.4, -0.2) is 86.7 Å². The summed E-state index contributed by atoms with van der Waals surface area (Å²) in [6.07, 6.45) is 1.94. The van der Waals surface area contributed by atoms with Crippen LogP contribution < -0.4 is 15.7 Å². The van der Waals surface area contributed by atoms with Gasteiger partial charge in [-0.25, -0.2) is 14.9 Å². The lowest BCUT2D eigenvalue weighted by atomic mass is 9.43. The number of hydrogen-bond donors (Lipinski definition) is 8. The number of ether oxygens (including phenoxy) is 1. The van der Waals surface area contributed by atoms with E-state index >= 15 is 0 Å². The fourth-order valence-electron chi connectivity index (χ4n) is 8.79. The van der Waals surface area contributed by atoms with Gasteiger partial charge in [0.2, 0.25) is 5.28 Å². The van der Waals surface area contributed by atoms with E-state index in [-0.39, 0.29) is 38.6 Å². The summed E-state index contributed by atoms with van der Waals surface area (Å²) >= 11 is 6.21. The van der Waals surface area contributed by atoms with Crippen molar-refractivity contribution in [2.45, 2.75) is 82.5 Å². The molecule has 3 heterocycles. The maximum absolute atomic E-state index is 13.3. The molecule has 4 aliphatic carbocycles. The highest BCUT2D eigenvalue weighted by atomic mass is 35.5.